The number of benzene rings is 3. The van der Waals surface area contributed by atoms with Gasteiger partial charge in [-0.25, -0.2) is 9.59 Å². The van der Waals surface area contributed by atoms with Gasteiger partial charge in [-0.1, -0.05) is 49.0 Å². The molecule has 0 aliphatic heterocycles. The summed E-state index contributed by atoms with van der Waals surface area (Å²) in [7, 11) is 0. The zero-order valence-electron chi connectivity index (χ0n) is 19.4. The summed E-state index contributed by atoms with van der Waals surface area (Å²) in [5, 5.41) is 9.00. The maximum Gasteiger partial charge on any atom is 0.343 e. The Morgan fingerprint density at radius 1 is 0.886 bits per heavy atom. The summed E-state index contributed by atoms with van der Waals surface area (Å²) in [6.07, 6.45) is 3.76. The van der Waals surface area contributed by atoms with Gasteiger partial charge in [0.1, 0.15) is 0 Å². The van der Waals surface area contributed by atoms with E-state index in [1.807, 2.05) is 30.3 Å². The number of hydrogen-bond acceptors (Lipinski definition) is 6. The van der Waals surface area contributed by atoms with Gasteiger partial charge in [0.05, 0.1) is 30.4 Å². The first kappa shape index (κ1) is 25.3. The van der Waals surface area contributed by atoms with Gasteiger partial charge in [0.25, 0.3) is 0 Å². The molecule has 0 N–H and O–H groups in total. The standard InChI is InChI=1S/C29H27NO5/c1-2-27(31)34-20-7-6-19-33-26-12-8-11-24(18-17-22-13-15-23(21-30)16-14-22)28(26)35-29(32)25-9-4-3-5-10-25/h2-5,8-16H,1,6-7,17-20H2. The molecule has 3 rings (SSSR count). The third-order valence-corrected chi connectivity index (χ3v) is 5.24. The molecular weight excluding hydrogens is 442 g/mol. The van der Waals surface area contributed by atoms with E-state index in [9.17, 15) is 9.59 Å². The lowest BCUT2D eigenvalue weighted by Gasteiger charge is -2.16. The lowest BCUT2D eigenvalue weighted by Crippen LogP contribution is -2.12. The molecule has 3 aromatic rings. The van der Waals surface area contributed by atoms with Gasteiger partial charge in [-0.3, -0.25) is 0 Å². The molecule has 0 heterocycles. The van der Waals surface area contributed by atoms with E-state index in [1.54, 1.807) is 42.5 Å². The molecule has 6 nitrogen and oxygen atoms in total. The minimum absolute atomic E-state index is 0.286. The third-order valence-electron chi connectivity index (χ3n) is 5.24. The van der Waals surface area contributed by atoms with E-state index in [0.717, 1.165) is 17.2 Å². The second-order valence-corrected chi connectivity index (χ2v) is 7.74. The molecular formula is C29H27NO5. The number of unbranched alkanes of at least 4 members (excludes halogenated alkanes) is 1. The first-order valence-electron chi connectivity index (χ1n) is 11.4. The Hall–Kier alpha value is -4.37. The second kappa shape index (κ2) is 13.4. The maximum atomic E-state index is 12.8. The van der Waals surface area contributed by atoms with Crippen molar-refractivity contribution >= 4 is 11.9 Å². The van der Waals surface area contributed by atoms with Gasteiger partial charge in [0, 0.05) is 6.08 Å². The predicted molar refractivity (Wildman–Crippen MR) is 132 cm³/mol. The second-order valence-electron chi connectivity index (χ2n) is 7.74. The molecule has 178 valence electrons. The van der Waals surface area contributed by atoms with E-state index in [4.69, 9.17) is 19.5 Å². The third kappa shape index (κ3) is 7.86. The van der Waals surface area contributed by atoms with Crippen molar-refractivity contribution in [2.45, 2.75) is 25.7 Å². The SMILES string of the molecule is C=CC(=O)OCCCCOc1cccc(CCc2ccc(C#N)cc2)c1OC(=O)c1ccccc1. The van der Waals surface area contributed by atoms with Gasteiger partial charge in [-0.2, -0.15) is 5.26 Å². The van der Waals surface area contributed by atoms with Crippen LogP contribution in [0.25, 0.3) is 0 Å². The summed E-state index contributed by atoms with van der Waals surface area (Å²) in [6.45, 7) is 4.03. The van der Waals surface area contributed by atoms with Crippen LogP contribution in [0.5, 0.6) is 11.5 Å². The molecule has 0 bridgehead atoms. The highest BCUT2D eigenvalue weighted by atomic mass is 16.6. The van der Waals surface area contributed by atoms with Crippen molar-refractivity contribution in [2.24, 2.45) is 0 Å². The number of rotatable bonds is 12. The Morgan fingerprint density at radius 2 is 1.63 bits per heavy atom. The predicted octanol–water partition coefficient (Wildman–Crippen LogP) is 5.45. The Kier molecular flexibility index (Phi) is 9.64. The van der Waals surface area contributed by atoms with Crippen LogP contribution in [0.3, 0.4) is 0 Å². The van der Waals surface area contributed by atoms with Crippen LogP contribution in [0.1, 0.15) is 39.9 Å². The molecule has 0 amide bonds. The van der Waals surface area contributed by atoms with Crippen LogP contribution in [-0.4, -0.2) is 25.2 Å². The van der Waals surface area contributed by atoms with Crippen LogP contribution in [0.2, 0.25) is 0 Å². The van der Waals surface area contributed by atoms with Crippen LogP contribution < -0.4 is 9.47 Å². The van der Waals surface area contributed by atoms with Gasteiger partial charge in [-0.15, -0.1) is 0 Å². The smallest absolute Gasteiger partial charge is 0.343 e. The molecule has 0 spiro atoms. The summed E-state index contributed by atoms with van der Waals surface area (Å²) in [5.74, 6) is -0.0311. The minimum atomic E-state index is -0.461. The fourth-order valence-electron chi connectivity index (χ4n) is 3.36. The number of hydrogen-bond donors (Lipinski definition) is 0. The van der Waals surface area contributed by atoms with Gasteiger partial charge in [-0.05, 0) is 67.1 Å². The van der Waals surface area contributed by atoms with Gasteiger partial charge in [0.2, 0.25) is 0 Å². The molecule has 0 radical (unpaired) electrons. The summed E-state index contributed by atoms with van der Waals surface area (Å²) in [4.78, 5) is 23.9. The fourth-order valence-corrected chi connectivity index (χ4v) is 3.36. The molecule has 3 aromatic carbocycles. The average Bonchev–Trinajstić information content (AvgIpc) is 2.91. The van der Waals surface area contributed by atoms with Crippen molar-refractivity contribution in [3.05, 3.63) is 108 Å². The maximum absolute atomic E-state index is 12.8. The molecule has 0 aromatic heterocycles. The van der Waals surface area contributed by atoms with E-state index in [0.29, 0.717) is 54.9 Å². The minimum Gasteiger partial charge on any atom is -0.490 e. The number of para-hydroxylation sites is 1. The highest BCUT2D eigenvalue weighted by molar-refractivity contribution is 5.91. The number of ether oxygens (including phenoxy) is 3. The van der Waals surface area contributed by atoms with Crippen molar-refractivity contribution < 1.29 is 23.8 Å². The molecule has 0 aliphatic rings. The van der Waals surface area contributed by atoms with Crippen LogP contribution in [-0.2, 0) is 22.4 Å². The number of carbonyl (C=O) groups excluding carboxylic acids is 2. The van der Waals surface area contributed by atoms with Crippen molar-refractivity contribution in [3.8, 4) is 17.6 Å². The quantitative estimate of drug-likeness (QED) is 0.152. The lowest BCUT2D eigenvalue weighted by molar-refractivity contribution is -0.137. The Labute approximate surface area is 205 Å². The van der Waals surface area contributed by atoms with E-state index < -0.39 is 11.9 Å². The number of carbonyl (C=O) groups is 2. The summed E-state index contributed by atoms with van der Waals surface area (Å²) < 4.78 is 16.8. The normalized spacial score (nSPS) is 10.1. The number of esters is 2. The summed E-state index contributed by atoms with van der Waals surface area (Å²) in [6, 6.07) is 23.9. The Bertz CT molecular complexity index is 1180. The highest BCUT2D eigenvalue weighted by Gasteiger charge is 2.17. The summed E-state index contributed by atoms with van der Waals surface area (Å²) in [5.41, 5.74) is 2.98. The number of nitriles is 1. The monoisotopic (exact) mass is 469 g/mol. The van der Waals surface area contributed by atoms with E-state index in [1.165, 1.54) is 0 Å². The zero-order valence-corrected chi connectivity index (χ0v) is 19.4. The van der Waals surface area contributed by atoms with Crippen molar-refractivity contribution in [2.75, 3.05) is 13.2 Å². The van der Waals surface area contributed by atoms with Crippen LogP contribution in [0.15, 0.2) is 85.5 Å². The first-order valence-corrected chi connectivity index (χ1v) is 11.4. The molecule has 0 unspecified atom stereocenters. The first-order chi connectivity index (χ1) is 17.1. The Morgan fingerprint density at radius 3 is 2.34 bits per heavy atom. The Balaban J connectivity index is 1.71. The molecule has 0 saturated heterocycles. The van der Waals surface area contributed by atoms with Crippen LogP contribution in [0.4, 0.5) is 0 Å². The highest BCUT2D eigenvalue weighted by Crippen LogP contribution is 2.33. The number of nitrogens with zero attached hydrogens (tertiary/aromatic N) is 1. The molecule has 0 atom stereocenters. The van der Waals surface area contributed by atoms with Gasteiger partial charge >= 0.3 is 11.9 Å². The van der Waals surface area contributed by atoms with Crippen molar-refractivity contribution in [1.29, 1.82) is 5.26 Å². The van der Waals surface area contributed by atoms with Crippen molar-refractivity contribution in [3.63, 3.8) is 0 Å². The molecule has 6 heteroatoms. The van der Waals surface area contributed by atoms with E-state index in [2.05, 4.69) is 12.6 Å². The van der Waals surface area contributed by atoms with Crippen LogP contribution >= 0.6 is 0 Å². The van der Waals surface area contributed by atoms with Gasteiger partial charge in [0.15, 0.2) is 11.5 Å². The average molecular weight is 470 g/mol. The summed E-state index contributed by atoms with van der Waals surface area (Å²) >= 11 is 0. The topological polar surface area (TPSA) is 85.6 Å². The van der Waals surface area contributed by atoms with E-state index in [-0.39, 0.29) is 6.61 Å². The van der Waals surface area contributed by atoms with Gasteiger partial charge < -0.3 is 14.2 Å². The zero-order chi connectivity index (χ0) is 24.9. The molecule has 0 aliphatic carbocycles. The van der Waals surface area contributed by atoms with E-state index >= 15 is 0 Å². The number of aryl methyl sites for hydroxylation is 2. The largest absolute Gasteiger partial charge is 0.490 e. The fraction of sp³-hybridized carbons (Fsp3) is 0.207. The van der Waals surface area contributed by atoms with Crippen LogP contribution in [0, 0.1) is 11.3 Å². The molecule has 35 heavy (non-hydrogen) atoms. The van der Waals surface area contributed by atoms with Crippen molar-refractivity contribution in [1.82, 2.24) is 0 Å². The molecule has 0 fully saturated rings. The molecule has 0 saturated carbocycles. The lowest BCUT2D eigenvalue weighted by atomic mass is 10.0.